The fourth-order valence-electron chi connectivity index (χ4n) is 4.09. The molecule has 3 aliphatic rings. The molecule has 5 nitrogen and oxygen atoms in total. The molecule has 156 valence electrons. The lowest BCUT2D eigenvalue weighted by atomic mass is 9.88. The van der Waals surface area contributed by atoms with Gasteiger partial charge in [-0.1, -0.05) is 35.9 Å². The number of hydrogen-bond acceptors (Lipinski definition) is 5. The van der Waals surface area contributed by atoms with Crippen LogP contribution in [0.1, 0.15) is 46.2 Å². The van der Waals surface area contributed by atoms with Gasteiger partial charge >= 0.3 is 7.12 Å². The maximum Gasteiger partial charge on any atom is 0.501 e. The Hall–Kier alpha value is -0.985. The highest BCUT2D eigenvalue weighted by Gasteiger charge is 2.55. The zero-order valence-electron chi connectivity index (χ0n) is 17.6. The Morgan fingerprint density at radius 1 is 1.24 bits per heavy atom. The van der Waals surface area contributed by atoms with Crippen molar-refractivity contribution in [3.63, 3.8) is 0 Å². The summed E-state index contributed by atoms with van der Waals surface area (Å²) >= 11 is 8.04. The third kappa shape index (κ3) is 3.76. The summed E-state index contributed by atoms with van der Waals surface area (Å²) in [6.45, 7) is 11.7. The molecule has 8 heteroatoms. The Labute approximate surface area is 182 Å². The second-order valence-corrected chi connectivity index (χ2v) is 10.5. The van der Waals surface area contributed by atoms with Crippen molar-refractivity contribution in [1.29, 1.82) is 0 Å². The summed E-state index contributed by atoms with van der Waals surface area (Å²) < 4.78 is 12.5. The largest absolute Gasteiger partial charge is 0.501 e. The van der Waals surface area contributed by atoms with Crippen LogP contribution < -0.4 is 5.32 Å². The van der Waals surface area contributed by atoms with Crippen molar-refractivity contribution in [2.24, 2.45) is 0 Å². The highest BCUT2D eigenvalue weighted by Crippen LogP contribution is 2.46. The van der Waals surface area contributed by atoms with Gasteiger partial charge in [0.05, 0.1) is 17.2 Å². The quantitative estimate of drug-likeness (QED) is 0.733. The molecule has 0 aliphatic carbocycles. The van der Waals surface area contributed by atoms with Crippen molar-refractivity contribution in [2.75, 3.05) is 13.1 Å². The predicted octanol–water partition coefficient (Wildman–Crippen LogP) is 3.83. The normalized spacial score (nSPS) is 29.8. The maximum atomic E-state index is 12.8. The second-order valence-electron chi connectivity index (χ2n) is 8.91. The number of amides is 1. The number of halogens is 1. The summed E-state index contributed by atoms with van der Waals surface area (Å²) in [5.41, 5.74) is 0.261. The van der Waals surface area contributed by atoms with Crippen LogP contribution in [-0.2, 0) is 14.1 Å². The first-order chi connectivity index (χ1) is 13.6. The van der Waals surface area contributed by atoms with Crippen molar-refractivity contribution in [2.45, 2.75) is 63.2 Å². The van der Waals surface area contributed by atoms with Crippen LogP contribution in [0.4, 0.5) is 0 Å². The van der Waals surface area contributed by atoms with E-state index < -0.39 is 18.3 Å². The molecule has 3 aliphatic heterocycles. The highest BCUT2D eigenvalue weighted by molar-refractivity contribution is 8.06. The van der Waals surface area contributed by atoms with Gasteiger partial charge in [0.15, 0.2) is 0 Å². The van der Waals surface area contributed by atoms with Crippen molar-refractivity contribution in [3.8, 4) is 0 Å². The minimum atomic E-state index is -0.442. The Morgan fingerprint density at radius 2 is 1.90 bits per heavy atom. The number of thioether (sulfide) groups is 1. The second kappa shape index (κ2) is 7.61. The van der Waals surface area contributed by atoms with Gasteiger partial charge in [0.1, 0.15) is 5.25 Å². The molecular weight excluding hydrogens is 407 g/mol. The topological polar surface area (TPSA) is 50.8 Å². The van der Waals surface area contributed by atoms with Crippen LogP contribution in [0.25, 0.3) is 0 Å². The van der Waals surface area contributed by atoms with Gasteiger partial charge in [0, 0.05) is 29.0 Å². The van der Waals surface area contributed by atoms with E-state index in [4.69, 9.17) is 20.9 Å². The Balaban J connectivity index is 1.64. The van der Waals surface area contributed by atoms with Gasteiger partial charge in [-0.2, -0.15) is 0 Å². The van der Waals surface area contributed by atoms with Gasteiger partial charge in [-0.3, -0.25) is 9.69 Å². The summed E-state index contributed by atoms with van der Waals surface area (Å²) in [5, 5.41) is 3.59. The number of fused-ring (bicyclic) bond motifs is 1. The van der Waals surface area contributed by atoms with Gasteiger partial charge in [-0.05, 0) is 46.2 Å². The first-order valence-corrected chi connectivity index (χ1v) is 11.4. The fraction of sp³-hybridized carbons (Fsp3) is 0.571. The summed E-state index contributed by atoms with van der Waals surface area (Å²) in [4.78, 5) is 16.1. The molecule has 2 fully saturated rings. The smallest absolute Gasteiger partial charge is 0.399 e. The monoisotopic (exact) mass is 434 g/mol. The van der Waals surface area contributed by atoms with Gasteiger partial charge in [-0.15, -0.1) is 11.8 Å². The molecule has 0 radical (unpaired) electrons. The molecule has 2 saturated heterocycles. The third-order valence-corrected chi connectivity index (χ3v) is 8.25. The zero-order chi connectivity index (χ0) is 21.0. The first-order valence-electron chi connectivity index (χ1n) is 10.1. The molecular formula is C21H28BClN2O3S. The molecule has 3 heterocycles. The lowest BCUT2D eigenvalue weighted by molar-refractivity contribution is -0.120. The summed E-state index contributed by atoms with van der Waals surface area (Å²) in [6, 6.07) is 7.97. The Bertz CT molecular complexity index is 831. The molecule has 1 aromatic rings. The number of hydrogen-bond donors (Lipinski definition) is 1. The minimum Gasteiger partial charge on any atom is -0.399 e. The van der Waals surface area contributed by atoms with Gasteiger partial charge in [0.2, 0.25) is 5.91 Å². The molecule has 29 heavy (non-hydrogen) atoms. The molecule has 0 aromatic heterocycles. The highest BCUT2D eigenvalue weighted by atomic mass is 35.5. The van der Waals surface area contributed by atoms with Crippen LogP contribution in [0, 0.1) is 0 Å². The third-order valence-electron chi connectivity index (χ3n) is 6.56. The molecule has 3 unspecified atom stereocenters. The molecule has 1 amide bonds. The van der Waals surface area contributed by atoms with E-state index >= 15 is 0 Å². The number of rotatable bonds is 3. The predicted molar refractivity (Wildman–Crippen MR) is 119 cm³/mol. The van der Waals surface area contributed by atoms with Gasteiger partial charge in [-0.25, -0.2) is 0 Å². The van der Waals surface area contributed by atoms with E-state index in [-0.39, 0.29) is 23.2 Å². The molecule has 1 aromatic carbocycles. The van der Waals surface area contributed by atoms with E-state index in [0.29, 0.717) is 6.54 Å². The number of carbonyl (C=O) groups excluding carboxylic acids is 1. The molecule has 0 spiro atoms. The van der Waals surface area contributed by atoms with Gasteiger partial charge in [0.25, 0.3) is 0 Å². The molecule has 3 atom stereocenters. The van der Waals surface area contributed by atoms with E-state index in [0.717, 1.165) is 21.9 Å². The Morgan fingerprint density at radius 3 is 2.55 bits per heavy atom. The maximum absolute atomic E-state index is 12.8. The summed E-state index contributed by atoms with van der Waals surface area (Å²) in [7, 11) is -0.442. The van der Waals surface area contributed by atoms with E-state index in [2.05, 4.69) is 29.3 Å². The molecule has 0 bridgehead atoms. The van der Waals surface area contributed by atoms with Gasteiger partial charge < -0.3 is 14.6 Å². The summed E-state index contributed by atoms with van der Waals surface area (Å²) in [6.07, 6.45) is 2.16. The number of benzene rings is 1. The van der Waals surface area contributed by atoms with Crippen molar-refractivity contribution >= 4 is 36.4 Å². The lowest BCUT2D eigenvalue weighted by Crippen LogP contribution is -2.42. The average Bonchev–Trinajstić information content (AvgIpc) is 3.12. The van der Waals surface area contributed by atoms with Crippen molar-refractivity contribution < 1.29 is 14.1 Å². The fourth-order valence-corrected chi connectivity index (χ4v) is 5.66. The van der Waals surface area contributed by atoms with E-state index in [1.54, 1.807) is 11.8 Å². The van der Waals surface area contributed by atoms with E-state index in [1.165, 1.54) is 0 Å². The van der Waals surface area contributed by atoms with Crippen LogP contribution in [0.2, 0.25) is 5.02 Å². The van der Waals surface area contributed by atoms with E-state index in [9.17, 15) is 4.79 Å². The van der Waals surface area contributed by atoms with Crippen LogP contribution in [-0.4, -0.2) is 53.5 Å². The Kier molecular flexibility index (Phi) is 5.58. The van der Waals surface area contributed by atoms with Crippen molar-refractivity contribution in [3.05, 3.63) is 45.7 Å². The average molecular weight is 435 g/mol. The first kappa shape index (κ1) is 21.3. The SMILES string of the molecule is CC(c1ccccc1Cl)N1CCNC(=O)C2SC(B3OC(C)(C)C(C)(C)O3)=CC21. The van der Waals surface area contributed by atoms with Crippen LogP contribution in [0.5, 0.6) is 0 Å². The van der Waals surface area contributed by atoms with E-state index in [1.807, 2.05) is 45.9 Å². The number of nitrogens with zero attached hydrogens (tertiary/aromatic N) is 1. The van der Waals surface area contributed by atoms with Crippen LogP contribution >= 0.6 is 23.4 Å². The van der Waals surface area contributed by atoms with Crippen LogP contribution in [0.3, 0.4) is 0 Å². The molecule has 0 saturated carbocycles. The lowest BCUT2D eigenvalue weighted by Gasteiger charge is -2.34. The molecule has 1 N–H and O–H groups in total. The zero-order valence-corrected chi connectivity index (χ0v) is 19.1. The molecule has 4 rings (SSSR count). The summed E-state index contributed by atoms with van der Waals surface area (Å²) in [5.74, 6) is 0.0663. The number of nitrogens with one attached hydrogen (secondary N) is 1. The van der Waals surface area contributed by atoms with Crippen LogP contribution in [0.15, 0.2) is 35.1 Å². The number of carbonyl (C=O) groups is 1. The standard InChI is InChI=1S/C21H28BClN2O3S/c1-13(14-8-6-7-9-15(14)23)25-11-10-24-19(26)18-16(25)12-17(29-18)22-27-20(2,3)21(4,5)28-22/h6-9,12-13,16,18H,10-11H2,1-5H3,(H,24,26). The minimum absolute atomic E-state index is 0.0391. The van der Waals surface area contributed by atoms with Crippen molar-refractivity contribution in [1.82, 2.24) is 10.2 Å².